The first-order chi connectivity index (χ1) is 16.6. The van der Waals surface area contributed by atoms with E-state index in [9.17, 15) is 4.79 Å². The largest absolute Gasteiger partial charge is 0.492 e. The molecule has 178 valence electrons. The molecule has 0 spiro atoms. The summed E-state index contributed by atoms with van der Waals surface area (Å²) in [5.74, 6) is 1.97. The van der Waals surface area contributed by atoms with Gasteiger partial charge >= 0.3 is 0 Å². The Labute approximate surface area is 197 Å². The maximum Gasteiger partial charge on any atom is 0.255 e. The summed E-state index contributed by atoms with van der Waals surface area (Å²) >= 11 is 0. The van der Waals surface area contributed by atoms with Crippen LogP contribution in [-0.2, 0) is 4.79 Å². The molecule has 0 aliphatic carbocycles. The zero-order valence-electron chi connectivity index (χ0n) is 19.7. The van der Waals surface area contributed by atoms with Crippen molar-refractivity contribution in [2.45, 2.75) is 33.7 Å². The van der Waals surface area contributed by atoms with Gasteiger partial charge in [-0.05, 0) is 68.0 Å². The van der Waals surface area contributed by atoms with Crippen molar-refractivity contribution in [3.8, 4) is 17.2 Å². The highest BCUT2D eigenvalue weighted by Crippen LogP contribution is 2.39. The van der Waals surface area contributed by atoms with E-state index in [0.29, 0.717) is 60.0 Å². The highest BCUT2D eigenvalue weighted by Gasteiger charge is 2.35. The number of carbonyl (C=O) groups excluding carboxylic acids is 1. The fourth-order valence-electron chi connectivity index (χ4n) is 3.89. The van der Waals surface area contributed by atoms with Crippen LogP contribution in [-0.4, -0.2) is 45.9 Å². The van der Waals surface area contributed by atoms with Crippen molar-refractivity contribution < 1.29 is 19.0 Å². The first-order valence-corrected chi connectivity index (χ1v) is 11.3. The van der Waals surface area contributed by atoms with Crippen molar-refractivity contribution in [3.63, 3.8) is 0 Å². The Kier molecular flexibility index (Phi) is 6.95. The minimum Gasteiger partial charge on any atom is -0.492 e. The number of aromatic nitrogens is 4. The van der Waals surface area contributed by atoms with Crippen molar-refractivity contribution in [3.05, 3.63) is 59.3 Å². The lowest BCUT2D eigenvalue weighted by molar-refractivity contribution is -0.113. The number of carbonyl (C=O) groups is 1. The summed E-state index contributed by atoms with van der Waals surface area (Å²) in [7, 11) is 0. The molecule has 2 aromatic carbocycles. The Balaban J connectivity index is 1.76. The summed E-state index contributed by atoms with van der Waals surface area (Å²) in [6.45, 7) is 9.01. The number of fused-ring (bicyclic) bond motifs is 1. The van der Waals surface area contributed by atoms with Crippen LogP contribution in [0.25, 0.3) is 0 Å². The van der Waals surface area contributed by atoms with Crippen LogP contribution < -0.4 is 24.8 Å². The molecule has 0 bridgehead atoms. The van der Waals surface area contributed by atoms with Crippen LogP contribution in [0.3, 0.4) is 0 Å². The van der Waals surface area contributed by atoms with Crippen molar-refractivity contribution in [1.29, 1.82) is 0 Å². The molecule has 10 nitrogen and oxygen atoms in total. The van der Waals surface area contributed by atoms with Gasteiger partial charge in [-0.15, -0.1) is 0 Å². The number of hydrogen-bond donors (Lipinski definition) is 2. The van der Waals surface area contributed by atoms with Crippen LogP contribution in [0.1, 0.15) is 39.3 Å². The maximum atomic E-state index is 13.6. The summed E-state index contributed by atoms with van der Waals surface area (Å²) in [5.41, 5.74) is 2.48. The van der Waals surface area contributed by atoms with E-state index in [-0.39, 0.29) is 5.91 Å². The van der Waals surface area contributed by atoms with E-state index in [1.54, 1.807) is 10.7 Å². The van der Waals surface area contributed by atoms with Gasteiger partial charge in [0.1, 0.15) is 11.8 Å². The number of amides is 1. The molecule has 10 heteroatoms. The zero-order valence-corrected chi connectivity index (χ0v) is 19.7. The highest BCUT2D eigenvalue weighted by molar-refractivity contribution is 6.06. The number of ether oxygens (including phenoxy) is 3. The minimum absolute atomic E-state index is 0.296. The van der Waals surface area contributed by atoms with Gasteiger partial charge in [0.25, 0.3) is 5.91 Å². The van der Waals surface area contributed by atoms with Gasteiger partial charge in [-0.1, -0.05) is 23.3 Å². The molecule has 1 aliphatic heterocycles. The topological polar surface area (TPSA) is 112 Å². The zero-order chi connectivity index (χ0) is 24.1. The maximum absolute atomic E-state index is 13.6. The lowest BCUT2D eigenvalue weighted by Gasteiger charge is -2.28. The Morgan fingerprint density at radius 2 is 1.71 bits per heavy atom. The molecule has 0 saturated carbocycles. The molecule has 4 rings (SSSR count). The summed E-state index contributed by atoms with van der Waals surface area (Å²) in [5, 5.41) is 18.1. The smallest absolute Gasteiger partial charge is 0.255 e. The third kappa shape index (κ3) is 4.52. The summed E-state index contributed by atoms with van der Waals surface area (Å²) in [4.78, 5) is 13.6. The van der Waals surface area contributed by atoms with E-state index in [2.05, 4.69) is 26.2 Å². The quantitative estimate of drug-likeness (QED) is 0.492. The second kappa shape index (κ2) is 10.2. The second-order valence-electron chi connectivity index (χ2n) is 7.47. The van der Waals surface area contributed by atoms with Gasteiger partial charge in [0.2, 0.25) is 5.95 Å². The number of tetrazole rings is 1. The molecule has 1 aromatic heterocycles. The molecule has 1 unspecified atom stereocenters. The average molecular weight is 465 g/mol. The number of nitrogens with one attached hydrogen (secondary N) is 2. The number of allylic oxidation sites excluding steroid dienone is 1. The average Bonchev–Trinajstić information content (AvgIpc) is 3.29. The van der Waals surface area contributed by atoms with Crippen molar-refractivity contribution >= 4 is 17.5 Å². The molecule has 0 saturated heterocycles. The predicted octanol–water partition coefficient (Wildman–Crippen LogP) is 3.80. The van der Waals surface area contributed by atoms with Crippen molar-refractivity contribution in [2.24, 2.45) is 0 Å². The highest BCUT2D eigenvalue weighted by atomic mass is 16.5. The van der Waals surface area contributed by atoms with Gasteiger partial charge in [0, 0.05) is 5.70 Å². The Hall–Kier alpha value is -4.08. The Morgan fingerprint density at radius 1 is 1.00 bits per heavy atom. The molecule has 0 radical (unpaired) electrons. The predicted molar refractivity (Wildman–Crippen MR) is 127 cm³/mol. The third-order valence-electron chi connectivity index (χ3n) is 5.28. The van der Waals surface area contributed by atoms with E-state index in [1.165, 1.54) is 0 Å². The first-order valence-electron chi connectivity index (χ1n) is 11.3. The van der Waals surface area contributed by atoms with Gasteiger partial charge in [0.15, 0.2) is 11.5 Å². The normalized spacial score (nSPS) is 14.8. The summed E-state index contributed by atoms with van der Waals surface area (Å²) in [6, 6.07) is 12.3. The molecule has 34 heavy (non-hydrogen) atoms. The van der Waals surface area contributed by atoms with Crippen LogP contribution in [0, 0.1) is 0 Å². The fourth-order valence-corrected chi connectivity index (χ4v) is 3.89. The van der Waals surface area contributed by atoms with Gasteiger partial charge in [0.05, 0.1) is 31.1 Å². The number of hydrogen-bond acceptors (Lipinski definition) is 8. The van der Waals surface area contributed by atoms with E-state index in [1.807, 2.05) is 64.1 Å². The standard InChI is InChI=1S/C24H28N6O4/c1-5-32-18-11-9-8-10-17(18)26-23(31)21-15(4)25-24-27-28-29-30(24)22(21)16-12-13-19(33-6-2)20(14-16)34-7-3/h8-14,22H,5-7H2,1-4H3,(H,26,31)(H,25,27,29). The minimum atomic E-state index is -0.583. The second-order valence-corrected chi connectivity index (χ2v) is 7.47. The monoisotopic (exact) mass is 464 g/mol. The van der Waals surface area contributed by atoms with Crippen LogP contribution in [0.4, 0.5) is 11.6 Å². The molecule has 2 N–H and O–H groups in total. The first kappa shape index (κ1) is 23.1. The number of anilines is 2. The van der Waals surface area contributed by atoms with Crippen LogP contribution in [0.2, 0.25) is 0 Å². The van der Waals surface area contributed by atoms with Crippen LogP contribution in [0.5, 0.6) is 17.2 Å². The van der Waals surface area contributed by atoms with E-state index in [4.69, 9.17) is 14.2 Å². The molecular formula is C24H28N6O4. The number of para-hydroxylation sites is 2. The number of rotatable bonds is 9. The molecule has 0 fully saturated rings. The molecule has 1 atom stereocenters. The lowest BCUT2D eigenvalue weighted by Crippen LogP contribution is -2.31. The molecule has 1 aliphatic rings. The number of benzene rings is 2. The summed E-state index contributed by atoms with van der Waals surface area (Å²) in [6.07, 6.45) is 0. The Morgan fingerprint density at radius 3 is 2.47 bits per heavy atom. The van der Waals surface area contributed by atoms with Crippen LogP contribution >= 0.6 is 0 Å². The van der Waals surface area contributed by atoms with E-state index >= 15 is 0 Å². The fraction of sp³-hybridized carbons (Fsp3) is 0.333. The summed E-state index contributed by atoms with van der Waals surface area (Å²) < 4.78 is 18.8. The van der Waals surface area contributed by atoms with Gasteiger partial charge in [-0.25, -0.2) is 0 Å². The van der Waals surface area contributed by atoms with E-state index < -0.39 is 6.04 Å². The van der Waals surface area contributed by atoms with Crippen LogP contribution in [0.15, 0.2) is 53.7 Å². The van der Waals surface area contributed by atoms with Gasteiger partial charge in [-0.2, -0.15) is 4.68 Å². The van der Waals surface area contributed by atoms with Crippen molar-refractivity contribution in [2.75, 3.05) is 30.5 Å². The third-order valence-corrected chi connectivity index (χ3v) is 5.28. The van der Waals surface area contributed by atoms with Crippen molar-refractivity contribution in [1.82, 2.24) is 20.2 Å². The Bertz CT molecular complexity index is 1210. The molecule has 1 amide bonds. The van der Waals surface area contributed by atoms with Gasteiger partial charge < -0.3 is 24.8 Å². The molecule has 2 heterocycles. The lowest BCUT2D eigenvalue weighted by atomic mass is 9.94. The molecule has 3 aromatic rings. The number of nitrogens with zero attached hydrogens (tertiary/aromatic N) is 4. The van der Waals surface area contributed by atoms with Gasteiger partial charge in [-0.3, -0.25) is 4.79 Å². The SMILES string of the molecule is CCOc1ccccc1NC(=O)C1=C(C)Nc2nnnn2C1c1ccc(OCC)c(OCC)c1. The van der Waals surface area contributed by atoms with E-state index in [0.717, 1.165) is 5.56 Å². The molecular weight excluding hydrogens is 436 g/mol.